The molecule has 0 fully saturated rings. The molecule has 0 unspecified atom stereocenters. The lowest BCUT2D eigenvalue weighted by Crippen LogP contribution is -2.23. The molecular weight excluding hydrogens is 298 g/mol. The van der Waals surface area contributed by atoms with Crippen molar-refractivity contribution in [2.75, 3.05) is 12.4 Å². The van der Waals surface area contributed by atoms with Crippen molar-refractivity contribution in [3.05, 3.63) is 46.5 Å². The van der Waals surface area contributed by atoms with Crippen LogP contribution in [0.3, 0.4) is 0 Å². The number of anilines is 1. The third-order valence-electron chi connectivity index (χ3n) is 2.75. The first kappa shape index (κ1) is 14.9. The van der Waals surface area contributed by atoms with E-state index in [1.165, 1.54) is 31.7 Å². The number of nitro benzene ring substituents is 1. The van der Waals surface area contributed by atoms with E-state index in [9.17, 15) is 18.5 Å². The average Bonchev–Trinajstić information content (AvgIpc) is 2.97. The molecular formula is C11H13N5O4S. The summed E-state index contributed by atoms with van der Waals surface area (Å²) < 4.78 is 26.6. The number of rotatable bonds is 6. The molecule has 0 aliphatic rings. The van der Waals surface area contributed by atoms with Crippen molar-refractivity contribution >= 4 is 21.4 Å². The number of H-pyrrole nitrogens is 1. The molecule has 9 nitrogen and oxygen atoms in total. The maximum Gasteiger partial charge on any atom is 0.293 e. The Morgan fingerprint density at radius 1 is 1.43 bits per heavy atom. The zero-order chi connectivity index (χ0) is 15.5. The Labute approximate surface area is 120 Å². The highest BCUT2D eigenvalue weighted by molar-refractivity contribution is 7.89. The van der Waals surface area contributed by atoms with Gasteiger partial charge in [0, 0.05) is 25.0 Å². The summed E-state index contributed by atoms with van der Waals surface area (Å²) in [7, 11) is -2.33. The van der Waals surface area contributed by atoms with Crippen LogP contribution in [0.25, 0.3) is 0 Å². The Balaban J connectivity index is 2.27. The molecule has 10 heteroatoms. The van der Waals surface area contributed by atoms with Gasteiger partial charge in [-0.25, -0.2) is 18.1 Å². The van der Waals surface area contributed by atoms with Gasteiger partial charge < -0.3 is 10.3 Å². The lowest BCUT2D eigenvalue weighted by Gasteiger charge is -2.07. The van der Waals surface area contributed by atoms with Gasteiger partial charge in [0.05, 0.1) is 22.7 Å². The number of nitro groups is 1. The highest BCUT2D eigenvalue weighted by Gasteiger charge is 2.20. The number of imidazole rings is 1. The van der Waals surface area contributed by atoms with Gasteiger partial charge in [0.2, 0.25) is 10.0 Å². The summed E-state index contributed by atoms with van der Waals surface area (Å²) in [6.45, 7) is 0.0178. The molecule has 0 aliphatic heterocycles. The number of sulfonamides is 1. The van der Waals surface area contributed by atoms with Crippen LogP contribution in [-0.4, -0.2) is 30.4 Å². The lowest BCUT2D eigenvalue weighted by atomic mass is 10.3. The van der Waals surface area contributed by atoms with Crippen molar-refractivity contribution in [3.8, 4) is 0 Å². The van der Waals surface area contributed by atoms with E-state index in [0.717, 1.165) is 6.07 Å². The summed E-state index contributed by atoms with van der Waals surface area (Å²) in [6.07, 6.45) is 2.91. The first-order valence-corrected chi connectivity index (χ1v) is 7.35. The molecule has 0 aliphatic carbocycles. The van der Waals surface area contributed by atoms with Crippen molar-refractivity contribution in [1.29, 1.82) is 0 Å². The molecule has 1 aromatic heterocycles. The van der Waals surface area contributed by atoms with E-state index in [4.69, 9.17) is 0 Å². The summed E-state index contributed by atoms with van der Waals surface area (Å²) in [5, 5.41) is 13.6. The van der Waals surface area contributed by atoms with Crippen LogP contribution < -0.4 is 10.0 Å². The van der Waals surface area contributed by atoms with E-state index in [-0.39, 0.29) is 22.8 Å². The minimum atomic E-state index is -3.85. The molecule has 112 valence electrons. The number of aromatic nitrogens is 2. The number of aromatic amines is 1. The molecule has 0 saturated heterocycles. The summed E-state index contributed by atoms with van der Waals surface area (Å²) >= 11 is 0. The number of hydrogen-bond acceptors (Lipinski definition) is 6. The SMILES string of the molecule is CNc1ccc(S(=O)(=O)NCc2cnc[nH]2)cc1[N+](=O)[O-]. The summed E-state index contributed by atoms with van der Waals surface area (Å²) in [5.74, 6) is 0. The van der Waals surface area contributed by atoms with Crippen LogP contribution in [0.15, 0.2) is 35.6 Å². The number of hydrogen-bond donors (Lipinski definition) is 3. The van der Waals surface area contributed by atoms with E-state index in [0.29, 0.717) is 5.69 Å². The second kappa shape index (κ2) is 5.89. The Morgan fingerprint density at radius 3 is 2.76 bits per heavy atom. The lowest BCUT2D eigenvalue weighted by molar-refractivity contribution is -0.384. The molecule has 21 heavy (non-hydrogen) atoms. The van der Waals surface area contributed by atoms with Gasteiger partial charge in [-0.15, -0.1) is 0 Å². The maximum atomic E-state index is 12.1. The van der Waals surface area contributed by atoms with E-state index in [2.05, 4.69) is 20.0 Å². The monoisotopic (exact) mass is 311 g/mol. The molecule has 0 saturated carbocycles. The molecule has 0 atom stereocenters. The Bertz CT molecular complexity index is 742. The highest BCUT2D eigenvalue weighted by Crippen LogP contribution is 2.27. The van der Waals surface area contributed by atoms with Crippen LogP contribution in [-0.2, 0) is 16.6 Å². The van der Waals surface area contributed by atoms with Crippen LogP contribution in [0, 0.1) is 10.1 Å². The number of nitrogens with one attached hydrogen (secondary N) is 3. The largest absolute Gasteiger partial charge is 0.383 e. The Hall–Kier alpha value is -2.46. The molecule has 0 spiro atoms. The first-order valence-electron chi connectivity index (χ1n) is 5.87. The fraction of sp³-hybridized carbons (Fsp3) is 0.182. The molecule has 1 aromatic carbocycles. The zero-order valence-corrected chi connectivity index (χ0v) is 11.8. The van der Waals surface area contributed by atoms with Crippen LogP contribution >= 0.6 is 0 Å². The predicted octanol–water partition coefficient (Wildman–Crippen LogP) is 0.838. The Kier molecular flexibility index (Phi) is 4.19. The van der Waals surface area contributed by atoms with E-state index >= 15 is 0 Å². The molecule has 0 amide bonds. The maximum absolute atomic E-state index is 12.1. The van der Waals surface area contributed by atoms with Crippen LogP contribution in [0.5, 0.6) is 0 Å². The molecule has 2 rings (SSSR count). The molecule has 3 N–H and O–H groups in total. The summed E-state index contributed by atoms with van der Waals surface area (Å²) in [6, 6.07) is 3.66. The van der Waals surface area contributed by atoms with Crippen molar-refractivity contribution < 1.29 is 13.3 Å². The van der Waals surface area contributed by atoms with E-state index in [1.807, 2.05) is 0 Å². The minimum Gasteiger partial charge on any atom is -0.383 e. The smallest absolute Gasteiger partial charge is 0.293 e. The van der Waals surface area contributed by atoms with Gasteiger partial charge in [0.15, 0.2) is 0 Å². The van der Waals surface area contributed by atoms with Crippen LogP contribution in [0.2, 0.25) is 0 Å². The molecule has 0 bridgehead atoms. The van der Waals surface area contributed by atoms with Crippen LogP contribution in [0.1, 0.15) is 5.69 Å². The topological polar surface area (TPSA) is 130 Å². The highest BCUT2D eigenvalue weighted by atomic mass is 32.2. The quantitative estimate of drug-likeness (QED) is 0.535. The number of benzene rings is 1. The molecule has 2 aromatic rings. The summed E-state index contributed by atoms with van der Waals surface area (Å²) in [5.41, 5.74) is 0.523. The fourth-order valence-electron chi connectivity index (χ4n) is 1.68. The predicted molar refractivity (Wildman–Crippen MR) is 75.3 cm³/mol. The third-order valence-corrected chi connectivity index (χ3v) is 4.15. The van der Waals surface area contributed by atoms with Crippen molar-refractivity contribution in [3.63, 3.8) is 0 Å². The van der Waals surface area contributed by atoms with Gasteiger partial charge >= 0.3 is 0 Å². The van der Waals surface area contributed by atoms with Gasteiger partial charge in [-0.2, -0.15) is 0 Å². The second-order valence-electron chi connectivity index (χ2n) is 4.09. The summed E-state index contributed by atoms with van der Waals surface area (Å²) in [4.78, 5) is 16.6. The van der Waals surface area contributed by atoms with Gasteiger partial charge in [0.25, 0.3) is 5.69 Å². The van der Waals surface area contributed by atoms with Gasteiger partial charge in [-0.3, -0.25) is 10.1 Å². The van der Waals surface area contributed by atoms with E-state index < -0.39 is 14.9 Å². The number of nitrogens with zero attached hydrogens (tertiary/aromatic N) is 2. The first-order chi connectivity index (χ1) is 9.94. The van der Waals surface area contributed by atoms with Crippen molar-refractivity contribution in [2.24, 2.45) is 0 Å². The normalized spacial score (nSPS) is 11.3. The third kappa shape index (κ3) is 3.35. The van der Waals surface area contributed by atoms with Gasteiger partial charge in [-0.1, -0.05) is 0 Å². The fourth-order valence-corrected chi connectivity index (χ4v) is 2.70. The van der Waals surface area contributed by atoms with Gasteiger partial charge in [-0.05, 0) is 12.1 Å². The molecule has 1 heterocycles. The van der Waals surface area contributed by atoms with Gasteiger partial charge in [0.1, 0.15) is 5.69 Å². The average molecular weight is 311 g/mol. The van der Waals surface area contributed by atoms with Crippen molar-refractivity contribution in [1.82, 2.24) is 14.7 Å². The minimum absolute atomic E-state index is 0.0178. The van der Waals surface area contributed by atoms with Crippen molar-refractivity contribution in [2.45, 2.75) is 11.4 Å². The zero-order valence-electron chi connectivity index (χ0n) is 11.0. The standard InChI is InChI=1S/C11H13N5O4S/c1-12-10-3-2-9(4-11(10)16(17)18)21(19,20)15-6-8-5-13-7-14-8/h2-5,7,12,15H,6H2,1H3,(H,13,14). The van der Waals surface area contributed by atoms with Crippen LogP contribution in [0.4, 0.5) is 11.4 Å². The molecule has 0 radical (unpaired) electrons. The Morgan fingerprint density at radius 2 is 2.19 bits per heavy atom. The second-order valence-corrected chi connectivity index (χ2v) is 5.85. The van der Waals surface area contributed by atoms with E-state index in [1.54, 1.807) is 0 Å².